The van der Waals surface area contributed by atoms with Gasteiger partial charge in [0.15, 0.2) is 0 Å². The highest BCUT2D eigenvalue weighted by Crippen LogP contribution is 2.35. The maximum absolute atomic E-state index is 10.0. The van der Waals surface area contributed by atoms with Crippen LogP contribution in [0.1, 0.15) is 18.0 Å². The van der Waals surface area contributed by atoms with Crippen LogP contribution in [-0.2, 0) is 4.74 Å². The van der Waals surface area contributed by atoms with Crippen molar-refractivity contribution in [3.63, 3.8) is 0 Å². The first-order valence-corrected chi connectivity index (χ1v) is 6.60. The Morgan fingerprint density at radius 2 is 2.17 bits per heavy atom. The lowest BCUT2D eigenvalue weighted by Gasteiger charge is -2.39. The van der Waals surface area contributed by atoms with Crippen LogP contribution in [0.4, 0.5) is 5.69 Å². The average Bonchev–Trinajstić information content (AvgIpc) is 2.83. The van der Waals surface area contributed by atoms with E-state index >= 15 is 0 Å². The molecule has 2 aliphatic rings. The Bertz CT molecular complexity index is 424. The van der Waals surface area contributed by atoms with E-state index in [2.05, 4.69) is 34.5 Å². The Morgan fingerprint density at radius 1 is 1.33 bits per heavy atom. The van der Waals surface area contributed by atoms with Gasteiger partial charge in [0.1, 0.15) is 0 Å². The predicted octanol–water partition coefficient (Wildman–Crippen LogP) is 0.917. The largest absolute Gasteiger partial charge is 0.388 e. The Kier molecular flexibility index (Phi) is 3.24. The van der Waals surface area contributed by atoms with E-state index in [9.17, 15) is 5.11 Å². The summed E-state index contributed by atoms with van der Waals surface area (Å²) < 4.78 is 5.38. The van der Waals surface area contributed by atoms with Crippen LogP contribution in [0, 0.1) is 0 Å². The van der Waals surface area contributed by atoms with Crippen LogP contribution in [0.25, 0.3) is 0 Å². The van der Waals surface area contributed by atoms with E-state index in [0.29, 0.717) is 19.3 Å². The molecule has 2 aliphatic heterocycles. The van der Waals surface area contributed by atoms with Crippen LogP contribution in [0.5, 0.6) is 0 Å². The van der Waals surface area contributed by atoms with Crippen molar-refractivity contribution in [3.05, 3.63) is 29.8 Å². The lowest BCUT2D eigenvalue weighted by Crippen LogP contribution is -2.47. The van der Waals surface area contributed by atoms with Gasteiger partial charge in [-0.2, -0.15) is 0 Å². The molecule has 4 heteroatoms. The van der Waals surface area contributed by atoms with Crippen molar-refractivity contribution in [2.75, 3.05) is 31.7 Å². The number of fused-ring (bicyclic) bond motifs is 1. The zero-order valence-corrected chi connectivity index (χ0v) is 10.7. The number of hydrogen-bond donors (Lipinski definition) is 2. The molecule has 0 spiro atoms. The van der Waals surface area contributed by atoms with Gasteiger partial charge in [-0.3, -0.25) is 0 Å². The van der Waals surface area contributed by atoms with Gasteiger partial charge in [-0.25, -0.2) is 0 Å². The van der Waals surface area contributed by atoms with Crippen molar-refractivity contribution in [3.8, 4) is 0 Å². The molecule has 0 radical (unpaired) electrons. The molecule has 1 aromatic carbocycles. The lowest BCUT2D eigenvalue weighted by atomic mass is 9.94. The summed E-state index contributed by atoms with van der Waals surface area (Å²) in [6.07, 6.45) is 0.695. The molecule has 0 amide bonds. The number of benzene rings is 1. The van der Waals surface area contributed by atoms with Gasteiger partial charge in [-0.1, -0.05) is 18.2 Å². The SMILES string of the molecule is CNC1CCN(C2COCC2O)c2ccccc21. The summed E-state index contributed by atoms with van der Waals surface area (Å²) in [5.41, 5.74) is 2.56. The fourth-order valence-electron chi connectivity index (χ4n) is 3.06. The average molecular weight is 248 g/mol. The smallest absolute Gasteiger partial charge is 0.0998 e. The standard InChI is InChI=1S/C14H20N2O2/c1-15-11-6-7-16(13-8-18-9-14(13)17)12-5-3-2-4-10(11)12/h2-5,11,13-15,17H,6-9H2,1H3. The number of para-hydroxylation sites is 1. The molecule has 3 unspecified atom stereocenters. The van der Waals surface area contributed by atoms with Gasteiger partial charge in [-0.05, 0) is 25.1 Å². The van der Waals surface area contributed by atoms with E-state index in [1.807, 2.05) is 7.05 Å². The second-order valence-electron chi connectivity index (χ2n) is 5.05. The van der Waals surface area contributed by atoms with E-state index in [0.717, 1.165) is 13.0 Å². The molecule has 1 saturated heterocycles. The number of hydrogen-bond acceptors (Lipinski definition) is 4. The van der Waals surface area contributed by atoms with Crippen molar-refractivity contribution in [1.82, 2.24) is 5.32 Å². The fourth-order valence-corrected chi connectivity index (χ4v) is 3.06. The van der Waals surface area contributed by atoms with E-state index < -0.39 is 0 Å². The van der Waals surface area contributed by atoms with Gasteiger partial charge >= 0.3 is 0 Å². The van der Waals surface area contributed by atoms with Gasteiger partial charge in [0.05, 0.1) is 25.4 Å². The Morgan fingerprint density at radius 3 is 2.89 bits per heavy atom. The van der Waals surface area contributed by atoms with Gasteiger partial charge < -0.3 is 20.1 Å². The zero-order valence-electron chi connectivity index (χ0n) is 10.7. The molecule has 0 saturated carbocycles. The number of anilines is 1. The van der Waals surface area contributed by atoms with Crippen molar-refractivity contribution >= 4 is 5.69 Å². The van der Waals surface area contributed by atoms with Crippen LogP contribution < -0.4 is 10.2 Å². The second kappa shape index (κ2) is 4.88. The number of nitrogens with zero attached hydrogens (tertiary/aromatic N) is 1. The molecule has 1 aromatic rings. The Labute approximate surface area is 108 Å². The number of rotatable bonds is 2. The van der Waals surface area contributed by atoms with Gasteiger partial charge in [0, 0.05) is 18.3 Å². The van der Waals surface area contributed by atoms with Crippen molar-refractivity contribution < 1.29 is 9.84 Å². The van der Waals surface area contributed by atoms with Crippen LogP contribution in [0.15, 0.2) is 24.3 Å². The van der Waals surface area contributed by atoms with Gasteiger partial charge in [-0.15, -0.1) is 0 Å². The van der Waals surface area contributed by atoms with Crippen molar-refractivity contribution in [2.24, 2.45) is 0 Å². The van der Waals surface area contributed by atoms with Crippen LogP contribution in [-0.4, -0.2) is 44.1 Å². The van der Waals surface area contributed by atoms with Gasteiger partial charge in [0.2, 0.25) is 0 Å². The second-order valence-corrected chi connectivity index (χ2v) is 5.05. The molecule has 3 rings (SSSR count). The highest BCUT2D eigenvalue weighted by atomic mass is 16.5. The predicted molar refractivity (Wildman–Crippen MR) is 70.8 cm³/mol. The first kappa shape index (κ1) is 12.0. The molecule has 3 atom stereocenters. The third kappa shape index (κ3) is 1.90. The summed E-state index contributed by atoms with van der Waals surface area (Å²) >= 11 is 0. The van der Waals surface area contributed by atoms with E-state index in [1.165, 1.54) is 11.3 Å². The van der Waals surface area contributed by atoms with Crippen molar-refractivity contribution in [2.45, 2.75) is 24.6 Å². The third-order valence-electron chi connectivity index (χ3n) is 4.05. The van der Waals surface area contributed by atoms with Crippen LogP contribution in [0.3, 0.4) is 0 Å². The lowest BCUT2D eigenvalue weighted by molar-refractivity contribution is 0.124. The molecule has 4 nitrogen and oxygen atoms in total. The third-order valence-corrected chi connectivity index (χ3v) is 4.05. The number of ether oxygens (including phenoxy) is 1. The van der Waals surface area contributed by atoms with Crippen LogP contribution >= 0.6 is 0 Å². The summed E-state index contributed by atoms with van der Waals surface area (Å²) in [6.45, 7) is 2.05. The van der Waals surface area contributed by atoms with E-state index in [-0.39, 0.29) is 12.1 Å². The van der Waals surface area contributed by atoms with E-state index in [4.69, 9.17) is 4.74 Å². The molecular weight excluding hydrogens is 228 g/mol. The molecule has 0 bridgehead atoms. The molecule has 1 fully saturated rings. The normalized spacial score (nSPS) is 31.4. The van der Waals surface area contributed by atoms with Crippen molar-refractivity contribution in [1.29, 1.82) is 0 Å². The minimum Gasteiger partial charge on any atom is -0.388 e. The minimum absolute atomic E-state index is 0.101. The summed E-state index contributed by atoms with van der Waals surface area (Å²) in [7, 11) is 2.00. The molecule has 98 valence electrons. The van der Waals surface area contributed by atoms with Gasteiger partial charge in [0.25, 0.3) is 0 Å². The summed E-state index contributed by atoms with van der Waals surface area (Å²) in [5, 5.41) is 13.4. The zero-order chi connectivity index (χ0) is 12.5. The summed E-state index contributed by atoms with van der Waals surface area (Å²) in [5.74, 6) is 0. The summed E-state index contributed by atoms with van der Waals surface area (Å²) in [4.78, 5) is 2.31. The van der Waals surface area contributed by atoms with E-state index in [1.54, 1.807) is 0 Å². The Balaban J connectivity index is 1.94. The maximum Gasteiger partial charge on any atom is 0.0998 e. The number of nitrogens with one attached hydrogen (secondary N) is 1. The maximum atomic E-state index is 10.0. The summed E-state index contributed by atoms with van der Waals surface area (Å²) in [6, 6.07) is 8.97. The minimum atomic E-state index is -0.371. The Hall–Kier alpha value is -1.10. The number of aliphatic hydroxyl groups is 1. The molecule has 0 aliphatic carbocycles. The monoisotopic (exact) mass is 248 g/mol. The molecular formula is C14H20N2O2. The molecule has 18 heavy (non-hydrogen) atoms. The first-order chi connectivity index (χ1) is 8.81. The quantitative estimate of drug-likeness (QED) is 0.817. The first-order valence-electron chi connectivity index (χ1n) is 6.60. The molecule has 2 heterocycles. The fraction of sp³-hybridized carbons (Fsp3) is 0.571. The topological polar surface area (TPSA) is 44.7 Å². The molecule has 0 aromatic heterocycles. The highest BCUT2D eigenvalue weighted by molar-refractivity contribution is 5.58. The molecule has 2 N–H and O–H groups in total. The highest BCUT2D eigenvalue weighted by Gasteiger charge is 2.35. The van der Waals surface area contributed by atoms with Crippen LogP contribution in [0.2, 0.25) is 0 Å². The number of aliphatic hydroxyl groups excluding tert-OH is 1.